The zero-order valence-corrected chi connectivity index (χ0v) is 9.56. The summed E-state index contributed by atoms with van der Waals surface area (Å²) in [4.78, 5) is 0. The van der Waals surface area contributed by atoms with Crippen LogP contribution in [-0.4, -0.2) is 4.40 Å². The van der Waals surface area contributed by atoms with Crippen molar-refractivity contribution in [2.45, 2.75) is 12.8 Å². The minimum absolute atomic E-state index is 1.17. The first-order valence-electron chi connectivity index (χ1n) is 6.12. The van der Waals surface area contributed by atoms with E-state index in [1.54, 1.807) is 0 Å². The monoisotopic (exact) mass is 219 g/mol. The molecule has 0 fully saturated rings. The Labute approximate surface area is 100.0 Å². The van der Waals surface area contributed by atoms with Crippen molar-refractivity contribution in [3.8, 4) is 0 Å². The summed E-state index contributed by atoms with van der Waals surface area (Å²) in [5, 5.41) is 2.66. The molecule has 2 aromatic heterocycles. The Morgan fingerprint density at radius 2 is 2.00 bits per heavy atom. The highest BCUT2D eigenvalue weighted by Crippen LogP contribution is 2.30. The molecule has 0 amide bonds. The molecule has 82 valence electrons. The van der Waals surface area contributed by atoms with E-state index in [1.807, 2.05) is 0 Å². The minimum Gasteiger partial charge on any atom is -0.316 e. The second-order valence-electron chi connectivity index (χ2n) is 4.66. The maximum atomic E-state index is 2.35. The van der Waals surface area contributed by atoms with Gasteiger partial charge in [0.05, 0.1) is 5.52 Å². The van der Waals surface area contributed by atoms with Crippen LogP contribution in [-0.2, 0) is 6.42 Å². The molecule has 1 heteroatoms. The van der Waals surface area contributed by atoms with E-state index in [2.05, 4.69) is 59.1 Å². The van der Waals surface area contributed by atoms with Crippen LogP contribution in [0, 0.1) is 0 Å². The molecule has 0 unspecified atom stereocenters. The average Bonchev–Trinajstić information content (AvgIpc) is 2.77. The molecule has 0 radical (unpaired) electrons. The van der Waals surface area contributed by atoms with Gasteiger partial charge in [0.1, 0.15) is 0 Å². The number of hydrogen-bond acceptors (Lipinski definition) is 0. The smallest absolute Gasteiger partial charge is 0.0538 e. The molecule has 3 aromatic rings. The van der Waals surface area contributed by atoms with E-state index in [0.717, 1.165) is 0 Å². The van der Waals surface area contributed by atoms with Gasteiger partial charge in [-0.15, -0.1) is 0 Å². The Balaban J connectivity index is 2.20. The largest absolute Gasteiger partial charge is 0.316 e. The quantitative estimate of drug-likeness (QED) is 0.537. The number of hydrogen-bond donors (Lipinski definition) is 0. The van der Waals surface area contributed by atoms with Gasteiger partial charge >= 0.3 is 0 Å². The molecule has 1 nitrogen and oxygen atoms in total. The molecule has 0 aliphatic heterocycles. The lowest BCUT2D eigenvalue weighted by molar-refractivity contribution is 0.975. The summed E-state index contributed by atoms with van der Waals surface area (Å²) in [6.07, 6.45) is 9.12. The van der Waals surface area contributed by atoms with Crippen molar-refractivity contribution in [2.75, 3.05) is 0 Å². The van der Waals surface area contributed by atoms with Gasteiger partial charge in [-0.05, 0) is 30.5 Å². The molecule has 17 heavy (non-hydrogen) atoms. The van der Waals surface area contributed by atoms with E-state index in [9.17, 15) is 0 Å². The second kappa shape index (κ2) is 3.24. The molecule has 4 rings (SSSR count). The molecule has 0 saturated carbocycles. The van der Waals surface area contributed by atoms with Crippen molar-refractivity contribution in [3.63, 3.8) is 0 Å². The van der Waals surface area contributed by atoms with Crippen molar-refractivity contribution in [1.29, 1.82) is 0 Å². The zero-order valence-electron chi connectivity index (χ0n) is 9.56. The second-order valence-corrected chi connectivity index (χ2v) is 4.66. The highest BCUT2D eigenvalue weighted by atomic mass is 14.9. The average molecular weight is 219 g/mol. The fourth-order valence-electron chi connectivity index (χ4n) is 2.81. The number of allylic oxidation sites excluding steroid dienone is 1. The molecule has 0 spiro atoms. The third-order valence-electron chi connectivity index (χ3n) is 3.63. The van der Waals surface area contributed by atoms with E-state index in [-0.39, 0.29) is 0 Å². The first-order valence-corrected chi connectivity index (χ1v) is 6.12. The van der Waals surface area contributed by atoms with Gasteiger partial charge in [-0.1, -0.05) is 36.4 Å². The van der Waals surface area contributed by atoms with Crippen molar-refractivity contribution >= 4 is 22.4 Å². The molecule has 0 bridgehead atoms. The summed E-state index contributed by atoms with van der Waals surface area (Å²) in [5.41, 5.74) is 4.19. The van der Waals surface area contributed by atoms with Gasteiger partial charge in [0.2, 0.25) is 0 Å². The molecular weight excluding hydrogens is 206 g/mol. The van der Waals surface area contributed by atoms with Gasteiger partial charge < -0.3 is 4.40 Å². The Bertz CT molecular complexity index is 747. The van der Waals surface area contributed by atoms with Crippen molar-refractivity contribution in [1.82, 2.24) is 4.40 Å². The standard InChI is InChI=1S/C16H13N/c1-2-7-13-11-17-15-9-5-4-6-12(15)10-16(17)14(13)8-3-1/h1-3,5,7-11H,4,6H2. The SMILES string of the molecule is C1=Cc2c(cc3c4cccccc4cn23)CC1. The normalized spacial score (nSPS) is 14.4. The maximum absolute atomic E-state index is 2.35. The highest BCUT2D eigenvalue weighted by Gasteiger charge is 2.13. The lowest BCUT2D eigenvalue weighted by Crippen LogP contribution is -1.92. The van der Waals surface area contributed by atoms with Gasteiger partial charge in [0, 0.05) is 22.7 Å². The Kier molecular flexibility index (Phi) is 1.72. The van der Waals surface area contributed by atoms with E-state index in [4.69, 9.17) is 0 Å². The maximum Gasteiger partial charge on any atom is 0.0538 e. The number of rotatable bonds is 0. The molecule has 1 aromatic carbocycles. The van der Waals surface area contributed by atoms with E-state index in [1.165, 1.54) is 40.4 Å². The van der Waals surface area contributed by atoms with E-state index in [0.29, 0.717) is 0 Å². The Morgan fingerprint density at radius 1 is 1.06 bits per heavy atom. The van der Waals surface area contributed by atoms with Crippen molar-refractivity contribution < 1.29 is 0 Å². The third-order valence-corrected chi connectivity index (χ3v) is 3.63. The summed E-state index contributed by atoms with van der Waals surface area (Å²) in [5.74, 6) is 0. The van der Waals surface area contributed by atoms with Gasteiger partial charge in [0.25, 0.3) is 0 Å². The zero-order chi connectivity index (χ0) is 11.2. The summed E-state index contributed by atoms with van der Waals surface area (Å²) in [7, 11) is 0. The summed E-state index contributed by atoms with van der Waals surface area (Å²) in [6.45, 7) is 0. The van der Waals surface area contributed by atoms with Gasteiger partial charge in [-0.3, -0.25) is 0 Å². The molecule has 1 aliphatic carbocycles. The number of aromatic nitrogens is 1. The highest BCUT2D eigenvalue weighted by molar-refractivity contribution is 5.98. The Morgan fingerprint density at radius 3 is 3.00 bits per heavy atom. The van der Waals surface area contributed by atoms with Crippen LogP contribution in [0.1, 0.15) is 17.7 Å². The first kappa shape index (κ1) is 9.06. The van der Waals surface area contributed by atoms with Crippen LogP contribution in [0.2, 0.25) is 0 Å². The van der Waals surface area contributed by atoms with Crippen LogP contribution in [0.15, 0.2) is 48.7 Å². The fraction of sp³-hybridized carbons (Fsp3) is 0.125. The molecular formula is C16H13N. The van der Waals surface area contributed by atoms with Crippen molar-refractivity contribution in [2.24, 2.45) is 0 Å². The topological polar surface area (TPSA) is 4.41 Å². The predicted molar refractivity (Wildman–Crippen MR) is 72.3 cm³/mol. The van der Waals surface area contributed by atoms with Gasteiger partial charge in [-0.2, -0.15) is 0 Å². The minimum atomic E-state index is 1.17. The third kappa shape index (κ3) is 1.19. The van der Waals surface area contributed by atoms with Crippen LogP contribution < -0.4 is 0 Å². The lowest BCUT2D eigenvalue weighted by Gasteiger charge is -2.04. The summed E-state index contributed by atoms with van der Waals surface area (Å²) < 4.78 is 2.33. The lowest BCUT2D eigenvalue weighted by atomic mass is 10.0. The summed E-state index contributed by atoms with van der Waals surface area (Å²) >= 11 is 0. The molecule has 2 heterocycles. The summed E-state index contributed by atoms with van der Waals surface area (Å²) in [6, 6.07) is 13.0. The van der Waals surface area contributed by atoms with Crippen LogP contribution in [0.3, 0.4) is 0 Å². The molecule has 0 atom stereocenters. The van der Waals surface area contributed by atoms with Gasteiger partial charge in [0.15, 0.2) is 0 Å². The Hall–Kier alpha value is -2.02. The fourth-order valence-corrected chi connectivity index (χ4v) is 2.81. The van der Waals surface area contributed by atoms with E-state index >= 15 is 0 Å². The van der Waals surface area contributed by atoms with Crippen LogP contribution in [0.5, 0.6) is 0 Å². The van der Waals surface area contributed by atoms with Crippen LogP contribution >= 0.6 is 0 Å². The van der Waals surface area contributed by atoms with Crippen molar-refractivity contribution in [3.05, 3.63) is 59.9 Å². The van der Waals surface area contributed by atoms with Crippen LogP contribution in [0.4, 0.5) is 0 Å². The number of aryl methyl sites for hydroxylation is 1. The van der Waals surface area contributed by atoms with Crippen LogP contribution in [0.25, 0.3) is 22.4 Å². The molecule has 0 saturated heterocycles. The number of fused-ring (bicyclic) bond motifs is 5. The molecule has 1 aliphatic rings. The van der Waals surface area contributed by atoms with Gasteiger partial charge in [-0.25, -0.2) is 0 Å². The number of nitrogens with zero attached hydrogens (tertiary/aromatic N) is 1. The first-order chi connectivity index (χ1) is 8.43. The predicted octanol–water partition coefficient (Wildman–Crippen LogP) is 4.05. The van der Waals surface area contributed by atoms with E-state index < -0.39 is 0 Å². The molecule has 0 N–H and O–H groups in total.